The Morgan fingerprint density at radius 1 is 1.29 bits per heavy atom. The van der Waals surface area contributed by atoms with Crippen molar-refractivity contribution in [1.82, 2.24) is 10.2 Å². The number of nitrogens with zero attached hydrogens (tertiary/aromatic N) is 1. The van der Waals surface area contributed by atoms with Crippen LogP contribution in [0.1, 0.15) is 48.2 Å². The highest BCUT2D eigenvalue weighted by Gasteiger charge is 2.41. The Balaban J connectivity index is 1.52. The van der Waals surface area contributed by atoms with E-state index < -0.39 is 11.3 Å². The lowest BCUT2D eigenvalue weighted by Crippen LogP contribution is -2.54. The Morgan fingerprint density at radius 2 is 2.07 bits per heavy atom. The Bertz CT molecular complexity index is 851. The fourth-order valence-electron chi connectivity index (χ4n) is 4.43. The topological polar surface area (TPSA) is 49.4 Å². The first-order valence-corrected chi connectivity index (χ1v) is 11.3. The minimum atomic E-state index is -0.517. The van der Waals surface area contributed by atoms with Crippen molar-refractivity contribution < 1.29 is 9.59 Å². The minimum absolute atomic E-state index is 0.0502. The first kappa shape index (κ1) is 19.5. The predicted octanol–water partition coefficient (Wildman–Crippen LogP) is 3.77. The molecule has 0 aliphatic carbocycles. The smallest absolute Gasteiger partial charge is 0.246 e. The number of carbonyl (C=O) groups is 2. The molecule has 1 aromatic heterocycles. The molecule has 4 atom stereocenters. The molecule has 4 nitrogen and oxygen atoms in total. The Hall–Kier alpha value is -1.79. The van der Waals surface area contributed by atoms with Gasteiger partial charge in [0, 0.05) is 17.3 Å². The van der Waals surface area contributed by atoms with Gasteiger partial charge in [0.05, 0.1) is 11.3 Å². The van der Waals surface area contributed by atoms with Crippen LogP contribution >= 0.6 is 24.0 Å². The summed E-state index contributed by atoms with van der Waals surface area (Å²) in [5, 5.41) is 4.64. The van der Waals surface area contributed by atoms with Crippen LogP contribution in [-0.2, 0) is 22.4 Å². The van der Waals surface area contributed by atoms with Crippen LogP contribution in [0.5, 0.6) is 0 Å². The van der Waals surface area contributed by atoms with Crippen molar-refractivity contribution in [3.63, 3.8) is 0 Å². The second-order valence-corrected chi connectivity index (χ2v) is 9.39. The number of benzene rings is 1. The largest absolute Gasteiger partial charge is 0.343 e. The summed E-state index contributed by atoms with van der Waals surface area (Å²) in [6.07, 6.45) is 4.28. The van der Waals surface area contributed by atoms with Gasteiger partial charge in [0.2, 0.25) is 11.8 Å². The van der Waals surface area contributed by atoms with Gasteiger partial charge in [-0.25, -0.2) is 0 Å². The number of fused-ring (bicyclic) bond motifs is 3. The molecule has 2 aliphatic heterocycles. The lowest BCUT2D eigenvalue weighted by atomic mass is 9.95. The van der Waals surface area contributed by atoms with E-state index in [9.17, 15) is 9.59 Å². The van der Waals surface area contributed by atoms with Gasteiger partial charge in [0.25, 0.3) is 0 Å². The zero-order valence-corrected chi connectivity index (χ0v) is 17.7. The van der Waals surface area contributed by atoms with Crippen LogP contribution in [0.25, 0.3) is 0 Å². The van der Waals surface area contributed by atoms with Gasteiger partial charge in [-0.2, -0.15) is 12.6 Å². The van der Waals surface area contributed by atoms with Crippen LogP contribution in [0.3, 0.4) is 0 Å². The number of piperidine rings is 1. The van der Waals surface area contributed by atoms with E-state index in [0.29, 0.717) is 12.8 Å². The molecule has 3 heterocycles. The molecule has 0 bridgehead atoms. The highest BCUT2D eigenvalue weighted by Crippen LogP contribution is 2.41. The quantitative estimate of drug-likeness (QED) is 0.748. The summed E-state index contributed by atoms with van der Waals surface area (Å²) < 4.78 is 0. The fraction of sp³-hybridized carbons (Fsp3) is 0.455. The van der Waals surface area contributed by atoms with Crippen molar-refractivity contribution in [1.29, 1.82) is 0 Å². The third-order valence-electron chi connectivity index (χ3n) is 5.86. The molecule has 2 amide bonds. The van der Waals surface area contributed by atoms with E-state index in [1.807, 2.05) is 35.2 Å². The maximum Gasteiger partial charge on any atom is 0.246 e. The summed E-state index contributed by atoms with van der Waals surface area (Å²) in [7, 11) is 0. The zero-order valence-electron chi connectivity index (χ0n) is 16.0. The monoisotopic (exact) mass is 414 g/mol. The third kappa shape index (κ3) is 3.85. The molecule has 2 aromatic rings. The van der Waals surface area contributed by atoms with E-state index >= 15 is 0 Å². The SMILES string of the molecule is CC1CCCC2c3sccc3CC(NC(=O)[C@@H](S)Cc3ccccc3)C(=O)N12. The van der Waals surface area contributed by atoms with Crippen LogP contribution in [0.15, 0.2) is 41.8 Å². The first-order valence-electron chi connectivity index (χ1n) is 9.95. The number of hydrogen-bond donors (Lipinski definition) is 2. The minimum Gasteiger partial charge on any atom is -0.343 e. The molecule has 0 saturated carbocycles. The number of thiol groups is 1. The van der Waals surface area contributed by atoms with Gasteiger partial charge < -0.3 is 10.2 Å². The third-order valence-corrected chi connectivity index (χ3v) is 7.34. The van der Waals surface area contributed by atoms with Crippen molar-refractivity contribution in [3.8, 4) is 0 Å². The summed E-state index contributed by atoms with van der Waals surface area (Å²) in [6.45, 7) is 2.12. The molecule has 0 radical (unpaired) electrons. The van der Waals surface area contributed by atoms with Gasteiger partial charge in [-0.3, -0.25) is 9.59 Å². The van der Waals surface area contributed by atoms with E-state index in [4.69, 9.17) is 0 Å². The fourth-order valence-corrected chi connectivity index (χ4v) is 5.78. The summed E-state index contributed by atoms with van der Waals surface area (Å²) in [4.78, 5) is 29.5. The van der Waals surface area contributed by atoms with Gasteiger partial charge in [-0.1, -0.05) is 30.3 Å². The maximum absolute atomic E-state index is 13.4. The number of thiophene rings is 1. The molecule has 0 spiro atoms. The molecular weight excluding hydrogens is 388 g/mol. The summed E-state index contributed by atoms with van der Waals surface area (Å²) in [6, 6.07) is 11.8. The lowest BCUT2D eigenvalue weighted by Gasteiger charge is -2.40. The van der Waals surface area contributed by atoms with Gasteiger partial charge in [0.15, 0.2) is 0 Å². The van der Waals surface area contributed by atoms with Crippen LogP contribution < -0.4 is 5.32 Å². The first-order chi connectivity index (χ1) is 13.5. The van der Waals surface area contributed by atoms with Crippen molar-refractivity contribution in [3.05, 3.63) is 57.8 Å². The molecule has 148 valence electrons. The molecule has 2 aliphatic rings. The van der Waals surface area contributed by atoms with Crippen LogP contribution in [0, 0.1) is 0 Å². The van der Waals surface area contributed by atoms with Crippen LogP contribution in [-0.4, -0.2) is 34.0 Å². The molecule has 6 heteroatoms. The highest BCUT2D eigenvalue weighted by atomic mass is 32.1. The summed E-state index contributed by atoms with van der Waals surface area (Å²) >= 11 is 6.25. The Morgan fingerprint density at radius 3 is 2.86 bits per heavy atom. The molecule has 1 N–H and O–H groups in total. The maximum atomic E-state index is 13.4. The number of amides is 2. The second kappa shape index (κ2) is 8.29. The Kier molecular flexibility index (Phi) is 5.78. The van der Waals surface area contributed by atoms with E-state index in [1.54, 1.807) is 11.3 Å². The highest BCUT2D eigenvalue weighted by molar-refractivity contribution is 7.81. The molecule has 1 aromatic carbocycles. The summed E-state index contributed by atoms with van der Waals surface area (Å²) in [5.41, 5.74) is 2.26. The van der Waals surface area contributed by atoms with Gasteiger partial charge >= 0.3 is 0 Å². The molecule has 4 rings (SSSR count). The standard InChI is InChI=1S/C22H26N2O2S2/c1-14-6-5-9-18-20-16(10-11-28-20)13-17(22(26)24(14)18)23-21(25)19(27)12-15-7-3-2-4-8-15/h2-4,7-8,10-11,14,17-19,27H,5-6,9,12-13H2,1H3,(H,23,25)/t14?,17?,18?,19-/m0/s1. The van der Waals surface area contributed by atoms with Gasteiger partial charge in [-0.05, 0) is 55.2 Å². The predicted molar refractivity (Wildman–Crippen MR) is 116 cm³/mol. The van der Waals surface area contributed by atoms with Crippen molar-refractivity contribution in [2.24, 2.45) is 0 Å². The molecule has 1 fully saturated rings. The molecule has 28 heavy (non-hydrogen) atoms. The number of carbonyl (C=O) groups excluding carboxylic acids is 2. The van der Waals surface area contributed by atoms with Crippen LogP contribution in [0.4, 0.5) is 0 Å². The summed E-state index contributed by atoms with van der Waals surface area (Å²) in [5.74, 6) is -0.125. The molecular formula is C22H26N2O2S2. The van der Waals surface area contributed by atoms with E-state index in [2.05, 4.69) is 36.3 Å². The van der Waals surface area contributed by atoms with Crippen molar-refractivity contribution in [2.45, 2.75) is 62.4 Å². The molecule has 3 unspecified atom stereocenters. The van der Waals surface area contributed by atoms with E-state index in [0.717, 1.165) is 24.8 Å². The molecule has 1 saturated heterocycles. The van der Waals surface area contributed by atoms with Gasteiger partial charge in [0.1, 0.15) is 6.04 Å². The lowest BCUT2D eigenvalue weighted by molar-refractivity contribution is -0.141. The Labute approximate surface area is 175 Å². The number of rotatable bonds is 4. The zero-order chi connectivity index (χ0) is 19.7. The van der Waals surface area contributed by atoms with Crippen molar-refractivity contribution >= 4 is 35.8 Å². The second-order valence-electron chi connectivity index (χ2n) is 7.82. The number of hydrogen-bond acceptors (Lipinski definition) is 4. The van der Waals surface area contributed by atoms with E-state index in [1.165, 1.54) is 10.4 Å². The normalized spacial score (nSPS) is 25.4. The van der Waals surface area contributed by atoms with Crippen LogP contribution in [0.2, 0.25) is 0 Å². The van der Waals surface area contributed by atoms with E-state index in [-0.39, 0.29) is 23.9 Å². The number of nitrogens with one attached hydrogen (secondary N) is 1. The average Bonchev–Trinajstić information content (AvgIpc) is 3.11. The average molecular weight is 415 g/mol. The van der Waals surface area contributed by atoms with Crippen molar-refractivity contribution in [2.75, 3.05) is 0 Å². The van der Waals surface area contributed by atoms with Gasteiger partial charge in [-0.15, -0.1) is 11.3 Å².